The molecule has 0 aliphatic carbocycles. The summed E-state index contributed by atoms with van der Waals surface area (Å²) < 4.78 is 1.66. The summed E-state index contributed by atoms with van der Waals surface area (Å²) in [6, 6.07) is 7.34. The van der Waals surface area contributed by atoms with E-state index in [2.05, 4.69) is 22.4 Å². The Kier molecular flexibility index (Phi) is 5.35. The number of fused-ring (bicyclic) bond motifs is 1. The van der Waals surface area contributed by atoms with Crippen LogP contribution in [0.4, 0.5) is 11.4 Å². The van der Waals surface area contributed by atoms with Crippen molar-refractivity contribution in [2.75, 3.05) is 21.7 Å². The number of hydrogen-bond acceptors (Lipinski definition) is 7. The average Bonchev–Trinajstić information content (AvgIpc) is 3.02. The minimum Gasteiger partial charge on any atom is -0.322 e. The zero-order chi connectivity index (χ0) is 18.0. The SMILES string of the molecule is CCSc1nnc(SCC(=O)N2c3ccccc3NC(=O)C2(C)C)s1. The lowest BCUT2D eigenvalue weighted by atomic mass is 9.96. The highest BCUT2D eigenvalue weighted by atomic mass is 32.2. The van der Waals surface area contributed by atoms with Gasteiger partial charge in [-0.2, -0.15) is 0 Å². The van der Waals surface area contributed by atoms with Crippen LogP contribution in [0.2, 0.25) is 0 Å². The summed E-state index contributed by atoms with van der Waals surface area (Å²) in [6.45, 7) is 5.56. The van der Waals surface area contributed by atoms with Crippen LogP contribution in [0.1, 0.15) is 20.8 Å². The molecule has 0 saturated carbocycles. The molecule has 1 aliphatic rings. The lowest BCUT2D eigenvalue weighted by Crippen LogP contribution is -2.58. The van der Waals surface area contributed by atoms with Crippen LogP contribution in [-0.4, -0.2) is 39.1 Å². The first-order valence-corrected chi connectivity index (χ1v) is 10.5. The molecule has 0 spiro atoms. The van der Waals surface area contributed by atoms with Crippen molar-refractivity contribution in [2.45, 2.75) is 35.0 Å². The van der Waals surface area contributed by atoms with Gasteiger partial charge in [0.2, 0.25) is 11.8 Å². The third-order valence-corrected chi connectivity index (χ3v) is 6.79. The molecule has 0 atom stereocenters. The number of benzene rings is 1. The summed E-state index contributed by atoms with van der Waals surface area (Å²) in [5.74, 6) is 0.821. The van der Waals surface area contributed by atoms with Crippen LogP contribution in [0.5, 0.6) is 0 Å². The molecule has 25 heavy (non-hydrogen) atoms. The van der Waals surface area contributed by atoms with Crippen molar-refractivity contribution in [1.82, 2.24) is 10.2 Å². The second-order valence-corrected chi connectivity index (χ2v) is 9.53. The van der Waals surface area contributed by atoms with Crippen LogP contribution in [0, 0.1) is 0 Å². The number of nitrogens with one attached hydrogen (secondary N) is 1. The van der Waals surface area contributed by atoms with E-state index in [9.17, 15) is 9.59 Å². The highest BCUT2D eigenvalue weighted by molar-refractivity contribution is 8.03. The number of anilines is 2. The van der Waals surface area contributed by atoms with Crippen LogP contribution in [0.25, 0.3) is 0 Å². The van der Waals surface area contributed by atoms with Gasteiger partial charge in [0.05, 0.1) is 17.1 Å². The normalized spacial score (nSPS) is 15.6. The Balaban J connectivity index is 1.78. The summed E-state index contributed by atoms with van der Waals surface area (Å²) in [7, 11) is 0. The van der Waals surface area contributed by atoms with Gasteiger partial charge in [-0.25, -0.2) is 0 Å². The number of nitrogens with zero attached hydrogens (tertiary/aromatic N) is 3. The number of carbonyl (C=O) groups is 2. The zero-order valence-corrected chi connectivity index (χ0v) is 16.6. The minimum atomic E-state index is -0.948. The molecule has 2 aromatic rings. The Morgan fingerprint density at radius 2 is 1.92 bits per heavy atom. The third kappa shape index (κ3) is 3.68. The lowest BCUT2D eigenvalue weighted by Gasteiger charge is -2.42. The van der Waals surface area contributed by atoms with E-state index >= 15 is 0 Å². The predicted octanol–water partition coefficient (Wildman–Crippen LogP) is 3.51. The van der Waals surface area contributed by atoms with E-state index in [-0.39, 0.29) is 17.6 Å². The molecule has 0 bridgehead atoms. The second-order valence-electron chi connectivity index (χ2n) is 5.82. The topological polar surface area (TPSA) is 75.2 Å². The number of para-hydroxylation sites is 2. The minimum absolute atomic E-state index is 0.128. The monoisotopic (exact) mass is 394 g/mol. The first kappa shape index (κ1) is 18.2. The molecule has 132 valence electrons. The van der Waals surface area contributed by atoms with E-state index in [0.29, 0.717) is 5.69 Å². The fourth-order valence-corrected chi connectivity index (χ4v) is 5.29. The van der Waals surface area contributed by atoms with Gasteiger partial charge in [0.1, 0.15) is 5.54 Å². The molecule has 0 saturated heterocycles. The largest absolute Gasteiger partial charge is 0.322 e. The standard InChI is InChI=1S/C16H18N4O2S3/c1-4-23-14-18-19-15(25-14)24-9-12(21)20-11-8-6-5-7-10(11)17-13(22)16(20,2)3/h5-8H,4,9H2,1-3H3,(H,17,22). The van der Waals surface area contributed by atoms with Crippen LogP contribution >= 0.6 is 34.9 Å². The average molecular weight is 395 g/mol. The molecule has 1 aromatic heterocycles. The van der Waals surface area contributed by atoms with E-state index in [1.807, 2.05) is 18.2 Å². The summed E-state index contributed by atoms with van der Waals surface area (Å²) >= 11 is 4.47. The Morgan fingerprint density at radius 3 is 2.64 bits per heavy atom. The Bertz CT molecular complexity index is 806. The highest BCUT2D eigenvalue weighted by Crippen LogP contribution is 2.37. The van der Waals surface area contributed by atoms with Gasteiger partial charge in [-0.1, -0.05) is 53.9 Å². The number of rotatable bonds is 5. The van der Waals surface area contributed by atoms with Crippen LogP contribution in [0.3, 0.4) is 0 Å². The van der Waals surface area contributed by atoms with Gasteiger partial charge in [0.15, 0.2) is 8.68 Å². The molecule has 6 nitrogen and oxygen atoms in total. The van der Waals surface area contributed by atoms with Gasteiger partial charge in [-0.05, 0) is 31.7 Å². The Labute approximate surface area is 158 Å². The second kappa shape index (κ2) is 7.35. The van der Waals surface area contributed by atoms with Crippen molar-refractivity contribution < 1.29 is 9.59 Å². The molecule has 3 rings (SSSR count). The zero-order valence-electron chi connectivity index (χ0n) is 14.1. The lowest BCUT2D eigenvalue weighted by molar-refractivity contribution is -0.125. The van der Waals surface area contributed by atoms with Gasteiger partial charge in [0, 0.05) is 0 Å². The molecule has 0 unspecified atom stereocenters. The molecular formula is C16H18N4O2S3. The summed E-state index contributed by atoms with van der Waals surface area (Å²) in [6.07, 6.45) is 0. The van der Waals surface area contributed by atoms with Crippen LogP contribution in [0.15, 0.2) is 32.9 Å². The van der Waals surface area contributed by atoms with E-state index in [1.54, 1.807) is 36.6 Å². The van der Waals surface area contributed by atoms with Crippen molar-refractivity contribution in [3.05, 3.63) is 24.3 Å². The first-order chi connectivity index (χ1) is 11.9. The molecule has 2 heterocycles. The van der Waals surface area contributed by atoms with Gasteiger partial charge >= 0.3 is 0 Å². The molecule has 2 amide bonds. The van der Waals surface area contributed by atoms with Crippen molar-refractivity contribution in [3.8, 4) is 0 Å². The summed E-state index contributed by atoms with van der Waals surface area (Å²) in [5.41, 5.74) is 0.427. The van der Waals surface area contributed by atoms with Crippen LogP contribution < -0.4 is 10.2 Å². The summed E-state index contributed by atoms with van der Waals surface area (Å²) in [4.78, 5) is 26.9. The fourth-order valence-electron chi connectivity index (χ4n) is 2.52. The number of hydrogen-bond donors (Lipinski definition) is 1. The van der Waals surface area contributed by atoms with E-state index in [0.717, 1.165) is 20.1 Å². The number of thioether (sulfide) groups is 2. The van der Waals surface area contributed by atoms with Crippen molar-refractivity contribution in [3.63, 3.8) is 0 Å². The van der Waals surface area contributed by atoms with Crippen LogP contribution in [-0.2, 0) is 9.59 Å². The molecule has 0 radical (unpaired) electrons. The van der Waals surface area contributed by atoms with Gasteiger partial charge in [0.25, 0.3) is 0 Å². The van der Waals surface area contributed by atoms with Gasteiger partial charge < -0.3 is 5.32 Å². The number of amides is 2. The van der Waals surface area contributed by atoms with E-state index < -0.39 is 5.54 Å². The smallest absolute Gasteiger partial charge is 0.250 e. The molecule has 1 aliphatic heterocycles. The van der Waals surface area contributed by atoms with E-state index in [4.69, 9.17) is 0 Å². The molecule has 1 aromatic carbocycles. The van der Waals surface area contributed by atoms with Gasteiger partial charge in [-0.15, -0.1) is 10.2 Å². The number of aromatic nitrogens is 2. The Hall–Kier alpha value is -1.58. The molecule has 1 N–H and O–H groups in total. The first-order valence-electron chi connectivity index (χ1n) is 7.76. The Morgan fingerprint density at radius 1 is 1.24 bits per heavy atom. The summed E-state index contributed by atoms with van der Waals surface area (Å²) in [5, 5.41) is 11.1. The molecule has 0 fully saturated rings. The maximum atomic E-state index is 12.9. The third-order valence-electron chi connectivity index (χ3n) is 3.73. The predicted molar refractivity (Wildman–Crippen MR) is 104 cm³/mol. The molecule has 9 heteroatoms. The van der Waals surface area contributed by atoms with Gasteiger partial charge in [-0.3, -0.25) is 14.5 Å². The highest BCUT2D eigenvalue weighted by Gasteiger charge is 2.43. The maximum Gasteiger partial charge on any atom is 0.250 e. The fraction of sp³-hybridized carbons (Fsp3) is 0.375. The van der Waals surface area contributed by atoms with Crippen molar-refractivity contribution in [1.29, 1.82) is 0 Å². The maximum absolute atomic E-state index is 12.9. The van der Waals surface area contributed by atoms with Crippen molar-refractivity contribution in [2.24, 2.45) is 0 Å². The quantitative estimate of drug-likeness (QED) is 0.782. The van der Waals surface area contributed by atoms with Crippen molar-refractivity contribution >= 4 is 58.0 Å². The van der Waals surface area contributed by atoms with E-state index in [1.165, 1.54) is 23.1 Å². The number of carbonyl (C=O) groups excluding carboxylic acids is 2. The molecular weight excluding hydrogens is 376 g/mol.